The number of carbonyl (C=O) groups is 1. The van der Waals surface area contributed by atoms with Crippen LogP contribution < -0.4 is 10.1 Å². The topological polar surface area (TPSA) is 47.6 Å². The van der Waals surface area contributed by atoms with Gasteiger partial charge in [-0.25, -0.2) is 9.18 Å². The lowest BCUT2D eigenvalue weighted by Crippen LogP contribution is -2.27. The number of hydrogen-bond acceptors (Lipinski definition) is 3. The van der Waals surface area contributed by atoms with Gasteiger partial charge in [0.05, 0.1) is 0 Å². The van der Waals surface area contributed by atoms with Crippen molar-refractivity contribution in [2.45, 2.75) is 33.0 Å². The second-order valence-electron chi connectivity index (χ2n) is 4.65. The molecule has 0 heterocycles. The zero-order valence-corrected chi connectivity index (χ0v) is 10.7. The molecule has 4 nitrogen and oxygen atoms in total. The van der Waals surface area contributed by atoms with Crippen LogP contribution in [-0.4, -0.2) is 18.3 Å². The van der Waals surface area contributed by atoms with E-state index in [2.05, 4.69) is 10.1 Å². The molecular formula is C12H14F3NO3. The fourth-order valence-corrected chi connectivity index (χ4v) is 1.19. The summed E-state index contributed by atoms with van der Waals surface area (Å²) in [5.41, 5.74) is -0.616. The van der Waals surface area contributed by atoms with Gasteiger partial charge in [0.25, 0.3) is 0 Å². The number of halogens is 3. The van der Waals surface area contributed by atoms with Gasteiger partial charge in [0.15, 0.2) is 11.6 Å². The number of amides is 1. The minimum absolute atomic E-state index is 0.0772. The third kappa shape index (κ3) is 5.50. The highest BCUT2D eigenvalue weighted by Gasteiger charge is 2.17. The maximum absolute atomic E-state index is 13.3. The van der Waals surface area contributed by atoms with Gasteiger partial charge in [0, 0.05) is 11.8 Å². The Bertz CT molecular complexity index is 458. The monoisotopic (exact) mass is 277 g/mol. The predicted molar refractivity (Wildman–Crippen MR) is 62.9 cm³/mol. The Balaban J connectivity index is 2.71. The summed E-state index contributed by atoms with van der Waals surface area (Å²) in [5, 5.41) is 2.28. The summed E-state index contributed by atoms with van der Waals surface area (Å²) in [6.07, 6.45) is -0.769. The first-order chi connectivity index (χ1) is 8.67. The highest BCUT2D eigenvalue weighted by Crippen LogP contribution is 2.23. The van der Waals surface area contributed by atoms with Gasteiger partial charge in [-0.3, -0.25) is 5.32 Å². The first kappa shape index (κ1) is 15.1. The Morgan fingerprint density at radius 2 is 1.95 bits per heavy atom. The molecule has 0 aliphatic carbocycles. The first-order valence-electron chi connectivity index (χ1n) is 5.42. The molecule has 0 unspecified atom stereocenters. The third-order valence-corrected chi connectivity index (χ3v) is 1.79. The second-order valence-corrected chi connectivity index (χ2v) is 4.65. The van der Waals surface area contributed by atoms with Crippen LogP contribution in [0.25, 0.3) is 0 Å². The number of benzene rings is 1. The quantitative estimate of drug-likeness (QED) is 0.914. The van der Waals surface area contributed by atoms with E-state index < -0.39 is 29.9 Å². The maximum Gasteiger partial charge on any atom is 0.412 e. The van der Waals surface area contributed by atoms with Gasteiger partial charge in [0.1, 0.15) is 5.60 Å². The molecule has 106 valence electrons. The number of rotatable bonds is 3. The average Bonchev–Trinajstić information content (AvgIpc) is 2.18. The van der Waals surface area contributed by atoms with E-state index in [0.29, 0.717) is 0 Å². The zero-order chi connectivity index (χ0) is 14.6. The van der Waals surface area contributed by atoms with Gasteiger partial charge in [-0.2, -0.15) is 8.78 Å². The molecule has 0 fully saturated rings. The van der Waals surface area contributed by atoms with Crippen molar-refractivity contribution in [2.75, 3.05) is 5.32 Å². The molecule has 1 N–H and O–H groups in total. The number of alkyl halides is 2. The van der Waals surface area contributed by atoms with Crippen molar-refractivity contribution in [3.63, 3.8) is 0 Å². The average molecular weight is 277 g/mol. The summed E-state index contributed by atoms with van der Waals surface area (Å²) in [7, 11) is 0. The molecule has 0 saturated carbocycles. The van der Waals surface area contributed by atoms with Crippen LogP contribution in [0.2, 0.25) is 0 Å². The molecule has 1 aromatic rings. The Kier molecular flexibility index (Phi) is 4.63. The molecular weight excluding hydrogens is 263 g/mol. The molecule has 1 amide bonds. The Morgan fingerprint density at radius 3 is 2.42 bits per heavy atom. The Hall–Kier alpha value is -1.92. The van der Waals surface area contributed by atoms with E-state index in [1.165, 1.54) is 6.07 Å². The normalized spacial score (nSPS) is 11.3. The molecule has 0 atom stereocenters. The van der Waals surface area contributed by atoms with Gasteiger partial charge in [-0.1, -0.05) is 0 Å². The molecule has 19 heavy (non-hydrogen) atoms. The third-order valence-electron chi connectivity index (χ3n) is 1.79. The van der Waals surface area contributed by atoms with Crippen molar-refractivity contribution < 1.29 is 27.4 Å². The summed E-state index contributed by atoms with van der Waals surface area (Å²) in [6, 6.07) is 3.08. The van der Waals surface area contributed by atoms with E-state index >= 15 is 0 Å². The molecule has 1 rings (SSSR count). The number of anilines is 1. The lowest BCUT2D eigenvalue weighted by atomic mass is 10.2. The summed E-state index contributed by atoms with van der Waals surface area (Å²) >= 11 is 0. The maximum atomic E-state index is 13.3. The standard InChI is InChI=1S/C12H14F3NO3/c1-12(2,3)19-11(17)16-7-4-5-9(8(13)6-7)18-10(14)15/h4-6,10H,1-3H3,(H,16,17). The molecule has 0 aliphatic heterocycles. The molecule has 7 heteroatoms. The van der Waals surface area contributed by atoms with Crippen molar-refractivity contribution in [2.24, 2.45) is 0 Å². The van der Waals surface area contributed by atoms with E-state index in [9.17, 15) is 18.0 Å². The van der Waals surface area contributed by atoms with Crippen LogP contribution in [0.3, 0.4) is 0 Å². The molecule has 0 bridgehead atoms. The molecule has 0 saturated heterocycles. The van der Waals surface area contributed by atoms with Gasteiger partial charge in [-0.05, 0) is 32.9 Å². The zero-order valence-electron chi connectivity index (χ0n) is 10.7. The highest BCUT2D eigenvalue weighted by atomic mass is 19.3. The minimum Gasteiger partial charge on any atom is -0.444 e. The van der Waals surface area contributed by atoms with Crippen LogP contribution in [0, 0.1) is 5.82 Å². The summed E-state index contributed by atoms with van der Waals surface area (Å²) in [5.74, 6) is -1.60. The van der Waals surface area contributed by atoms with Crippen LogP contribution >= 0.6 is 0 Å². The molecule has 1 aromatic carbocycles. The van der Waals surface area contributed by atoms with Gasteiger partial charge < -0.3 is 9.47 Å². The van der Waals surface area contributed by atoms with Crippen LogP contribution in [0.5, 0.6) is 5.75 Å². The predicted octanol–water partition coefficient (Wildman–Crippen LogP) is 3.77. The van der Waals surface area contributed by atoms with E-state index in [1.807, 2.05) is 0 Å². The van der Waals surface area contributed by atoms with E-state index in [1.54, 1.807) is 20.8 Å². The number of hydrogen-bond donors (Lipinski definition) is 1. The second kappa shape index (κ2) is 5.81. The summed E-state index contributed by atoms with van der Waals surface area (Å²) < 4.78 is 46.1. The number of carbonyl (C=O) groups excluding carboxylic acids is 1. The lowest BCUT2D eigenvalue weighted by molar-refractivity contribution is -0.0521. The van der Waals surface area contributed by atoms with Crippen LogP contribution in [-0.2, 0) is 4.74 Å². The first-order valence-corrected chi connectivity index (χ1v) is 5.42. The van der Waals surface area contributed by atoms with Crippen molar-refractivity contribution in [3.8, 4) is 5.75 Å². The van der Waals surface area contributed by atoms with Gasteiger partial charge in [0.2, 0.25) is 0 Å². The van der Waals surface area contributed by atoms with Crippen LogP contribution in [0.15, 0.2) is 18.2 Å². The fraction of sp³-hybridized carbons (Fsp3) is 0.417. The van der Waals surface area contributed by atoms with Crippen molar-refractivity contribution in [1.82, 2.24) is 0 Å². The summed E-state index contributed by atoms with van der Waals surface area (Å²) in [4.78, 5) is 11.4. The van der Waals surface area contributed by atoms with Gasteiger partial charge >= 0.3 is 12.7 Å². The van der Waals surface area contributed by atoms with Crippen molar-refractivity contribution >= 4 is 11.8 Å². The largest absolute Gasteiger partial charge is 0.444 e. The van der Waals surface area contributed by atoms with Crippen LogP contribution in [0.1, 0.15) is 20.8 Å². The van der Waals surface area contributed by atoms with Crippen LogP contribution in [0.4, 0.5) is 23.7 Å². The van der Waals surface area contributed by atoms with Crippen molar-refractivity contribution in [3.05, 3.63) is 24.0 Å². The van der Waals surface area contributed by atoms with E-state index in [-0.39, 0.29) is 5.69 Å². The Labute approximate surface area is 108 Å². The Morgan fingerprint density at radius 1 is 1.32 bits per heavy atom. The number of nitrogens with one attached hydrogen (secondary N) is 1. The van der Waals surface area contributed by atoms with E-state index in [4.69, 9.17) is 4.74 Å². The SMILES string of the molecule is CC(C)(C)OC(=O)Nc1ccc(OC(F)F)c(F)c1. The number of ether oxygens (including phenoxy) is 2. The minimum atomic E-state index is -3.11. The molecule has 0 spiro atoms. The van der Waals surface area contributed by atoms with Gasteiger partial charge in [-0.15, -0.1) is 0 Å². The van der Waals surface area contributed by atoms with Crippen molar-refractivity contribution in [1.29, 1.82) is 0 Å². The fourth-order valence-electron chi connectivity index (χ4n) is 1.19. The summed E-state index contributed by atoms with van der Waals surface area (Å²) in [6.45, 7) is 1.91. The molecule has 0 aromatic heterocycles. The lowest BCUT2D eigenvalue weighted by Gasteiger charge is -2.19. The smallest absolute Gasteiger partial charge is 0.412 e. The van der Waals surface area contributed by atoms with E-state index in [0.717, 1.165) is 12.1 Å². The molecule has 0 aliphatic rings. The molecule has 0 radical (unpaired) electrons. The highest BCUT2D eigenvalue weighted by molar-refractivity contribution is 5.84.